The lowest BCUT2D eigenvalue weighted by Crippen LogP contribution is -2.29. The van der Waals surface area contributed by atoms with Crippen molar-refractivity contribution >= 4 is 11.9 Å². The number of benzene rings is 2. The number of ether oxygens (including phenoxy) is 1. The molecular formula is C25H34N2O3. The highest BCUT2D eigenvalue weighted by atomic mass is 16.5. The molecule has 0 spiro atoms. The Morgan fingerprint density at radius 1 is 0.900 bits per heavy atom. The number of carbonyl (C=O) groups excluding carboxylic acids is 2. The zero-order valence-electron chi connectivity index (χ0n) is 18.4. The summed E-state index contributed by atoms with van der Waals surface area (Å²) in [5, 5.41) is 3.17. The number of rotatable bonds is 12. The van der Waals surface area contributed by atoms with Crippen LogP contribution in [0.25, 0.3) is 0 Å². The van der Waals surface area contributed by atoms with E-state index in [-0.39, 0.29) is 17.9 Å². The Balaban J connectivity index is 2.01. The first-order chi connectivity index (χ1) is 14.6. The third-order valence-electron chi connectivity index (χ3n) is 5.28. The Kier molecular flexibility index (Phi) is 10.1. The van der Waals surface area contributed by atoms with Crippen LogP contribution < -0.4 is 5.32 Å². The fourth-order valence-electron chi connectivity index (χ4n) is 3.44. The van der Waals surface area contributed by atoms with E-state index in [4.69, 9.17) is 4.74 Å². The molecule has 0 aliphatic carbocycles. The largest absolute Gasteiger partial charge is 0.462 e. The van der Waals surface area contributed by atoms with E-state index >= 15 is 0 Å². The van der Waals surface area contributed by atoms with Crippen LogP contribution in [-0.2, 0) is 4.74 Å². The molecule has 0 saturated heterocycles. The van der Waals surface area contributed by atoms with Gasteiger partial charge in [-0.3, -0.25) is 4.79 Å². The summed E-state index contributed by atoms with van der Waals surface area (Å²) in [6, 6.07) is 16.7. The van der Waals surface area contributed by atoms with E-state index in [2.05, 4.69) is 36.2 Å². The zero-order chi connectivity index (χ0) is 21.8. The second-order valence-electron chi connectivity index (χ2n) is 7.26. The van der Waals surface area contributed by atoms with Gasteiger partial charge < -0.3 is 15.0 Å². The maximum absolute atomic E-state index is 12.8. The van der Waals surface area contributed by atoms with Crippen molar-refractivity contribution in [2.45, 2.75) is 46.1 Å². The molecule has 1 atom stereocenters. The number of unbranched alkanes of at least 4 members (excludes halogenated alkanes) is 1. The molecule has 0 heterocycles. The van der Waals surface area contributed by atoms with Gasteiger partial charge in [0.25, 0.3) is 5.91 Å². The van der Waals surface area contributed by atoms with Crippen LogP contribution in [0.2, 0.25) is 0 Å². The predicted octanol–water partition coefficient (Wildman–Crippen LogP) is 4.85. The van der Waals surface area contributed by atoms with Crippen molar-refractivity contribution in [3.63, 3.8) is 0 Å². The Labute approximate surface area is 180 Å². The molecule has 2 aromatic rings. The second kappa shape index (κ2) is 12.8. The van der Waals surface area contributed by atoms with Gasteiger partial charge in [0, 0.05) is 5.56 Å². The third kappa shape index (κ3) is 7.30. The van der Waals surface area contributed by atoms with E-state index in [0.717, 1.165) is 44.5 Å². The van der Waals surface area contributed by atoms with Gasteiger partial charge in [0.2, 0.25) is 0 Å². The number of nitrogens with one attached hydrogen (secondary N) is 1. The quantitative estimate of drug-likeness (QED) is 0.402. The average molecular weight is 411 g/mol. The summed E-state index contributed by atoms with van der Waals surface area (Å²) in [7, 11) is 0. The van der Waals surface area contributed by atoms with Gasteiger partial charge in [-0.05, 0) is 75.6 Å². The van der Waals surface area contributed by atoms with Crippen molar-refractivity contribution in [3.8, 4) is 0 Å². The Morgan fingerprint density at radius 3 is 2.13 bits per heavy atom. The van der Waals surface area contributed by atoms with Gasteiger partial charge in [-0.25, -0.2) is 4.79 Å². The van der Waals surface area contributed by atoms with Gasteiger partial charge >= 0.3 is 5.97 Å². The molecule has 0 aromatic heterocycles. The molecule has 0 aliphatic rings. The van der Waals surface area contributed by atoms with Crippen molar-refractivity contribution in [3.05, 3.63) is 71.3 Å². The van der Waals surface area contributed by atoms with E-state index in [9.17, 15) is 9.59 Å². The van der Waals surface area contributed by atoms with Crippen LogP contribution in [-0.4, -0.2) is 43.0 Å². The number of esters is 1. The maximum atomic E-state index is 12.8. The fraction of sp³-hybridized carbons (Fsp3) is 0.440. The van der Waals surface area contributed by atoms with Crippen LogP contribution in [0, 0.1) is 0 Å². The molecule has 5 heteroatoms. The van der Waals surface area contributed by atoms with Crippen LogP contribution in [0.4, 0.5) is 0 Å². The van der Waals surface area contributed by atoms with Crippen LogP contribution in [0.5, 0.6) is 0 Å². The molecule has 0 radical (unpaired) electrons. The summed E-state index contributed by atoms with van der Waals surface area (Å²) in [6.07, 6.45) is 3.03. The molecule has 5 nitrogen and oxygen atoms in total. The molecule has 0 aliphatic heterocycles. The van der Waals surface area contributed by atoms with Crippen LogP contribution in [0.3, 0.4) is 0 Å². The Bertz CT molecular complexity index is 771. The monoisotopic (exact) mass is 410 g/mol. The molecule has 1 N–H and O–H groups in total. The molecule has 2 aromatic carbocycles. The highest BCUT2D eigenvalue weighted by Crippen LogP contribution is 2.20. The standard InChI is InChI=1S/C25H34N2O3/c1-4-27(5-2)19-11-10-14-23(20-12-8-7-9-13-20)26-24(28)21-15-17-22(18-16-21)25(29)30-6-3/h7-9,12-13,15-18,23H,4-6,10-11,14,19H2,1-3H3,(H,26,28). The number of hydrogen-bond acceptors (Lipinski definition) is 4. The van der Waals surface area contributed by atoms with Gasteiger partial charge in [0.1, 0.15) is 0 Å². The number of amides is 1. The highest BCUT2D eigenvalue weighted by Gasteiger charge is 2.16. The molecule has 0 bridgehead atoms. The SMILES string of the molecule is CCOC(=O)c1ccc(C(=O)NC(CCCCN(CC)CC)c2ccccc2)cc1. The molecule has 1 amide bonds. The molecule has 162 valence electrons. The van der Waals surface area contributed by atoms with Gasteiger partial charge in [0.15, 0.2) is 0 Å². The maximum Gasteiger partial charge on any atom is 0.338 e. The van der Waals surface area contributed by atoms with E-state index in [1.807, 2.05) is 18.2 Å². The molecular weight excluding hydrogens is 376 g/mol. The predicted molar refractivity (Wildman–Crippen MR) is 121 cm³/mol. The van der Waals surface area contributed by atoms with Crippen molar-refractivity contribution in [2.24, 2.45) is 0 Å². The summed E-state index contributed by atoms with van der Waals surface area (Å²) in [6.45, 7) is 9.68. The summed E-state index contributed by atoms with van der Waals surface area (Å²) >= 11 is 0. The first-order valence-corrected chi connectivity index (χ1v) is 10.9. The van der Waals surface area contributed by atoms with Crippen molar-refractivity contribution in [1.29, 1.82) is 0 Å². The number of carbonyl (C=O) groups is 2. The third-order valence-corrected chi connectivity index (χ3v) is 5.28. The molecule has 1 unspecified atom stereocenters. The van der Waals surface area contributed by atoms with Gasteiger partial charge in [-0.2, -0.15) is 0 Å². The molecule has 0 fully saturated rings. The summed E-state index contributed by atoms with van der Waals surface area (Å²) < 4.78 is 5.00. The first-order valence-electron chi connectivity index (χ1n) is 10.9. The Hall–Kier alpha value is -2.66. The lowest BCUT2D eigenvalue weighted by atomic mass is 10.00. The number of nitrogens with zero attached hydrogens (tertiary/aromatic N) is 1. The average Bonchev–Trinajstić information content (AvgIpc) is 2.79. The smallest absolute Gasteiger partial charge is 0.338 e. The molecule has 30 heavy (non-hydrogen) atoms. The Morgan fingerprint density at radius 2 is 1.53 bits per heavy atom. The van der Waals surface area contributed by atoms with E-state index < -0.39 is 0 Å². The van der Waals surface area contributed by atoms with Crippen molar-refractivity contribution in [1.82, 2.24) is 10.2 Å². The summed E-state index contributed by atoms with van der Waals surface area (Å²) in [4.78, 5) is 27.1. The van der Waals surface area contributed by atoms with Crippen LogP contribution in [0.1, 0.15) is 72.4 Å². The van der Waals surface area contributed by atoms with Gasteiger partial charge in [-0.15, -0.1) is 0 Å². The normalized spacial score (nSPS) is 11.9. The fourth-order valence-corrected chi connectivity index (χ4v) is 3.44. The van der Waals surface area contributed by atoms with Gasteiger partial charge in [-0.1, -0.05) is 44.2 Å². The van der Waals surface area contributed by atoms with Gasteiger partial charge in [0.05, 0.1) is 18.2 Å². The van der Waals surface area contributed by atoms with E-state index in [1.54, 1.807) is 31.2 Å². The lowest BCUT2D eigenvalue weighted by Gasteiger charge is -2.21. The van der Waals surface area contributed by atoms with E-state index in [0.29, 0.717) is 17.7 Å². The van der Waals surface area contributed by atoms with Crippen LogP contribution >= 0.6 is 0 Å². The number of hydrogen-bond donors (Lipinski definition) is 1. The van der Waals surface area contributed by atoms with Crippen molar-refractivity contribution < 1.29 is 14.3 Å². The molecule has 0 saturated carbocycles. The summed E-state index contributed by atoms with van der Waals surface area (Å²) in [5.74, 6) is -0.511. The van der Waals surface area contributed by atoms with E-state index in [1.165, 1.54) is 0 Å². The first kappa shape index (κ1) is 23.6. The second-order valence-corrected chi connectivity index (χ2v) is 7.26. The zero-order valence-corrected chi connectivity index (χ0v) is 18.4. The topological polar surface area (TPSA) is 58.6 Å². The molecule has 2 rings (SSSR count). The minimum atomic E-state index is -0.375. The summed E-state index contributed by atoms with van der Waals surface area (Å²) in [5.41, 5.74) is 2.09. The minimum absolute atomic E-state index is 0.0415. The van der Waals surface area contributed by atoms with Crippen LogP contribution in [0.15, 0.2) is 54.6 Å². The van der Waals surface area contributed by atoms with Crippen molar-refractivity contribution in [2.75, 3.05) is 26.2 Å². The lowest BCUT2D eigenvalue weighted by molar-refractivity contribution is 0.0526. The minimum Gasteiger partial charge on any atom is -0.462 e. The highest BCUT2D eigenvalue weighted by molar-refractivity contribution is 5.96.